The van der Waals surface area contributed by atoms with Crippen molar-refractivity contribution in [3.05, 3.63) is 118 Å². The van der Waals surface area contributed by atoms with Crippen LogP contribution in [-0.4, -0.2) is 9.85 Å². The Labute approximate surface area is 195 Å². The molecule has 0 saturated heterocycles. The molecule has 4 aromatic rings. The monoisotopic (exact) mass is 470 g/mol. The van der Waals surface area contributed by atoms with Crippen LogP contribution < -0.4 is 33.9 Å². The predicted molar refractivity (Wildman–Crippen MR) is 108 cm³/mol. The summed E-state index contributed by atoms with van der Waals surface area (Å²) >= 11 is 0. The van der Waals surface area contributed by atoms with E-state index in [2.05, 4.69) is 0 Å². The van der Waals surface area contributed by atoms with Gasteiger partial charge < -0.3 is 24.8 Å². The molecule has 0 aliphatic heterocycles. The van der Waals surface area contributed by atoms with Crippen LogP contribution in [-0.2, 0) is 0 Å². The zero-order valence-corrected chi connectivity index (χ0v) is 17.9. The molecule has 0 N–H and O–H groups in total. The first kappa shape index (κ1) is 24.4. The van der Waals surface area contributed by atoms with Gasteiger partial charge in [-0.1, -0.05) is 0 Å². The number of non-ortho nitro benzene ring substituents is 2. The van der Waals surface area contributed by atoms with Crippen molar-refractivity contribution >= 4 is 11.4 Å². The highest BCUT2D eigenvalue weighted by atomic mass is 35.5. The molecule has 0 bridgehead atoms. The van der Waals surface area contributed by atoms with E-state index in [1.54, 1.807) is 24.3 Å². The number of hydrogen-bond donors (Lipinski definition) is 0. The van der Waals surface area contributed by atoms with Crippen LogP contribution >= 0.6 is 0 Å². The minimum atomic E-state index is -0.421. The van der Waals surface area contributed by atoms with Gasteiger partial charge in [0.15, 0.2) is 24.8 Å². The summed E-state index contributed by atoms with van der Waals surface area (Å²) in [6, 6.07) is 20.6. The molecular formula is C22H16Cl2N4O4. The van der Waals surface area contributed by atoms with E-state index in [4.69, 9.17) is 0 Å². The van der Waals surface area contributed by atoms with Gasteiger partial charge in [-0.25, -0.2) is 0 Å². The van der Waals surface area contributed by atoms with Crippen LogP contribution in [0.25, 0.3) is 22.5 Å². The molecule has 2 aromatic heterocycles. The molecule has 0 spiro atoms. The summed E-state index contributed by atoms with van der Waals surface area (Å²) < 4.78 is 3.76. The molecule has 0 radical (unpaired) electrons. The Morgan fingerprint density at radius 2 is 0.781 bits per heavy atom. The largest absolute Gasteiger partial charge is 1.00 e. The number of pyridine rings is 2. The van der Waals surface area contributed by atoms with E-state index in [-0.39, 0.29) is 36.2 Å². The van der Waals surface area contributed by atoms with Gasteiger partial charge in [0.05, 0.1) is 9.85 Å². The average Bonchev–Trinajstić information content (AvgIpc) is 2.79. The Bertz CT molecular complexity index is 1120. The summed E-state index contributed by atoms with van der Waals surface area (Å²) in [6.07, 6.45) is 7.59. The average molecular weight is 471 g/mol. The Hall–Kier alpha value is -3.88. The van der Waals surface area contributed by atoms with E-state index in [9.17, 15) is 20.2 Å². The number of aromatic nitrogens is 2. The molecule has 0 atom stereocenters. The van der Waals surface area contributed by atoms with Crippen molar-refractivity contribution in [1.82, 2.24) is 0 Å². The molecule has 2 heterocycles. The highest BCUT2D eigenvalue weighted by Gasteiger charge is 2.12. The van der Waals surface area contributed by atoms with Crippen molar-refractivity contribution in [3.63, 3.8) is 0 Å². The quantitative estimate of drug-likeness (QED) is 0.187. The lowest BCUT2D eigenvalue weighted by Crippen LogP contribution is -3.00. The second-order valence-electron chi connectivity index (χ2n) is 6.54. The highest BCUT2D eigenvalue weighted by molar-refractivity contribution is 5.61. The summed E-state index contributed by atoms with van der Waals surface area (Å²) in [5.41, 5.74) is 3.81. The maximum atomic E-state index is 10.8. The van der Waals surface area contributed by atoms with E-state index in [1.807, 2.05) is 58.2 Å². The SMILES string of the molecule is O=[N+]([O-])c1ccc(-[n+]2ccc(-c3cc[n+](-c4ccc([N+](=O)[O-])cc4)cc3)cc2)cc1.[Cl-].[Cl-]. The third kappa shape index (κ3) is 5.23. The summed E-state index contributed by atoms with van der Waals surface area (Å²) in [6.45, 7) is 0. The fourth-order valence-electron chi connectivity index (χ4n) is 3.08. The molecule has 10 heteroatoms. The fourth-order valence-corrected chi connectivity index (χ4v) is 3.08. The summed E-state index contributed by atoms with van der Waals surface area (Å²) in [5, 5.41) is 21.6. The van der Waals surface area contributed by atoms with Crippen molar-refractivity contribution in [1.29, 1.82) is 0 Å². The topological polar surface area (TPSA) is 94.0 Å². The van der Waals surface area contributed by atoms with E-state index in [1.165, 1.54) is 24.3 Å². The second kappa shape index (κ2) is 10.4. The van der Waals surface area contributed by atoms with Crippen molar-refractivity contribution in [3.8, 4) is 22.5 Å². The van der Waals surface area contributed by atoms with Gasteiger partial charge in [-0.3, -0.25) is 20.2 Å². The standard InChI is InChI=1S/C22H16N4O4.2ClH/c27-25(28)21-5-1-19(2-6-21)23-13-9-17(10-14-23)18-11-15-24(16-12-18)20-3-7-22(8-4-20)26(29)30;;/h1-16H;2*1H/q+2;;/p-2. The fraction of sp³-hybridized carbons (Fsp3) is 0. The van der Waals surface area contributed by atoms with Gasteiger partial charge in [-0.05, 0) is 11.1 Å². The maximum Gasteiger partial charge on any atom is 0.269 e. The summed E-state index contributed by atoms with van der Waals surface area (Å²) in [7, 11) is 0. The van der Waals surface area contributed by atoms with Crippen LogP contribution in [0.15, 0.2) is 97.6 Å². The zero-order valence-electron chi connectivity index (χ0n) is 16.4. The van der Waals surface area contributed by atoms with Crippen LogP contribution in [0.4, 0.5) is 11.4 Å². The van der Waals surface area contributed by atoms with Gasteiger partial charge in [0.2, 0.25) is 11.4 Å². The van der Waals surface area contributed by atoms with E-state index < -0.39 is 9.85 Å². The Balaban J connectivity index is 0.00000181. The van der Waals surface area contributed by atoms with Crippen LogP contribution in [0, 0.1) is 20.2 Å². The summed E-state index contributed by atoms with van der Waals surface area (Å²) in [5.74, 6) is 0. The first-order chi connectivity index (χ1) is 14.5. The molecular weight excluding hydrogens is 455 g/mol. The van der Waals surface area contributed by atoms with E-state index in [0.717, 1.165) is 22.5 Å². The van der Waals surface area contributed by atoms with Crippen molar-refractivity contribution in [2.24, 2.45) is 0 Å². The zero-order chi connectivity index (χ0) is 21.1. The number of benzene rings is 2. The van der Waals surface area contributed by atoms with E-state index >= 15 is 0 Å². The van der Waals surface area contributed by atoms with Gasteiger partial charge in [0.25, 0.3) is 11.4 Å². The predicted octanol–water partition coefficient (Wildman–Crippen LogP) is -2.27. The Morgan fingerprint density at radius 3 is 1.03 bits per heavy atom. The molecule has 0 fully saturated rings. The lowest BCUT2D eigenvalue weighted by atomic mass is 10.1. The summed E-state index contributed by atoms with van der Waals surface area (Å²) in [4.78, 5) is 20.7. The lowest BCUT2D eigenvalue weighted by molar-refractivity contribution is -0.596. The molecule has 0 aliphatic carbocycles. The third-order valence-corrected chi connectivity index (χ3v) is 4.71. The highest BCUT2D eigenvalue weighted by Crippen LogP contribution is 2.18. The molecule has 162 valence electrons. The first-order valence-corrected chi connectivity index (χ1v) is 9.04. The Kier molecular flexibility index (Phi) is 7.95. The first-order valence-electron chi connectivity index (χ1n) is 9.04. The molecule has 0 amide bonds. The molecule has 0 aliphatic rings. The van der Waals surface area contributed by atoms with Crippen molar-refractivity contribution in [2.75, 3.05) is 0 Å². The third-order valence-electron chi connectivity index (χ3n) is 4.71. The minimum Gasteiger partial charge on any atom is -1.00 e. The van der Waals surface area contributed by atoms with Gasteiger partial charge >= 0.3 is 0 Å². The smallest absolute Gasteiger partial charge is 0.269 e. The molecule has 2 aromatic carbocycles. The Morgan fingerprint density at radius 1 is 0.500 bits per heavy atom. The van der Waals surface area contributed by atoms with Crippen LogP contribution in [0.1, 0.15) is 0 Å². The van der Waals surface area contributed by atoms with Crippen LogP contribution in [0.5, 0.6) is 0 Å². The molecule has 8 nitrogen and oxygen atoms in total. The van der Waals surface area contributed by atoms with E-state index in [0.29, 0.717) is 0 Å². The second-order valence-corrected chi connectivity index (χ2v) is 6.54. The maximum absolute atomic E-state index is 10.8. The number of nitro groups is 2. The van der Waals surface area contributed by atoms with Crippen molar-refractivity contribution in [2.45, 2.75) is 0 Å². The molecule has 0 unspecified atom stereocenters. The molecule has 32 heavy (non-hydrogen) atoms. The van der Waals surface area contributed by atoms with Gasteiger partial charge in [-0.2, -0.15) is 9.13 Å². The minimum absolute atomic E-state index is 0. The molecule has 0 saturated carbocycles. The van der Waals surface area contributed by atoms with Crippen molar-refractivity contribution < 1.29 is 43.8 Å². The molecule has 4 rings (SSSR count). The number of rotatable bonds is 5. The van der Waals surface area contributed by atoms with Gasteiger partial charge in [0.1, 0.15) is 0 Å². The normalized spacial score (nSPS) is 9.88. The van der Waals surface area contributed by atoms with Gasteiger partial charge in [-0.15, -0.1) is 0 Å². The number of halogens is 2. The van der Waals surface area contributed by atoms with Crippen LogP contribution in [0.3, 0.4) is 0 Å². The number of hydrogen-bond acceptors (Lipinski definition) is 4. The van der Waals surface area contributed by atoms with Gasteiger partial charge in [0, 0.05) is 72.8 Å². The van der Waals surface area contributed by atoms with Crippen LogP contribution in [0.2, 0.25) is 0 Å². The number of nitro benzene ring substituents is 2. The lowest BCUT2D eigenvalue weighted by Gasteiger charge is -2.01. The number of nitrogens with zero attached hydrogens (tertiary/aromatic N) is 4.